The third-order valence-electron chi connectivity index (χ3n) is 8.51. The standard InChI is InChI=1S/C23H22O6.C15H16O4/c1-23(2)11-10-15-16(29-23)12-17-19(20(15)26-4)21(27-5)18(22(24)28-17)13-6-8-14(25-3)9-7-13;1-8-3-4-10-12(18-7-8)6-13-14(15(10)17)11(16)5-9(2)19-13/h6-12H,1-5H3;5-6,8,17H,3-4,7H2,1-2H3. The Hall–Kier alpha value is -5.38. The highest BCUT2D eigenvalue weighted by molar-refractivity contribution is 5.99. The van der Waals surface area contributed by atoms with Crippen LogP contribution in [0.2, 0.25) is 0 Å². The lowest BCUT2D eigenvalue weighted by atomic mass is 9.98. The van der Waals surface area contributed by atoms with Crippen molar-refractivity contribution in [2.24, 2.45) is 5.92 Å². The van der Waals surface area contributed by atoms with Crippen LogP contribution in [0, 0.1) is 12.8 Å². The van der Waals surface area contributed by atoms with Crippen LogP contribution in [-0.2, 0) is 6.42 Å². The molecule has 5 aromatic rings. The van der Waals surface area contributed by atoms with Gasteiger partial charge in [0, 0.05) is 23.8 Å². The van der Waals surface area contributed by atoms with Crippen LogP contribution in [0.15, 0.2) is 67.0 Å². The van der Waals surface area contributed by atoms with E-state index in [2.05, 4.69) is 6.92 Å². The average Bonchev–Trinajstić information content (AvgIpc) is 3.24. The molecule has 250 valence electrons. The van der Waals surface area contributed by atoms with Crippen LogP contribution in [0.4, 0.5) is 0 Å². The molecule has 10 heteroatoms. The van der Waals surface area contributed by atoms with Crippen LogP contribution >= 0.6 is 0 Å². The van der Waals surface area contributed by atoms with Crippen molar-refractivity contribution in [1.29, 1.82) is 0 Å². The van der Waals surface area contributed by atoms with Crippen molar-refractivity contribution < 1.29 is 37.6 Å². The van der Waals surface area contributed by atoms with Crippen molar-refractivity contribution in [1.82, 2.24) is 0 Å². The summed E-state index contributed by atoms with van der Waals surface area (Å²) >= 11 is 0. The number of methoxy groups -OCH3 is 3. The number of hydrogen-bond donors (Lipinski definition) is 1. The zero-order chi connectivity index (χ0) is 34.3. The number of benzene rings is 3. The Morgan fingerprint density at radius 3 is 2.25 bits per heavy atom. The zero-order valence-corrected chi connectivity index (χ0v) is 28.0. The largest absolute Gasteiger partial charge is 0.507 e. The minimum atomic E-state index is -0.507. The van der Waals surface area contributed by atoms with Gasteiger partial charge in [0.15, 0.2) is 5.43 Å². The third-order valence-corrected chi connectivity index (χ3v) is 8.51. The molecule has 1 N–H and O–H groups in total. The quantitative estimate of drug-likeness (QED) is 0.195. The molecular formula is C38H38O10. The van der Waals surface area contributed by atoms with Crippen molar-refractivity contribution in [3.8, 4) is 45.6 Å². The van der Waals surface area contributed by atoms with Crippen molar-refractivity contribution in [2.45, 2.75) is 46.1 Å². The lowest BCUT2D eigenvalue weighted by molar-refractivity contribution is 0.158. The lowest BCUT2D eigenvalue weighted by Gasteiger charge is -2.29. The summed E-state index contributed by atoms with van der Waals surface area (Å²) in [7, 11) is 4.68. The van der Waals surface area contributed by atoms with Crippen LogP contribution < -0.4 is 34.7 Å². The summed E-state index contributed by atoms with van der Waals surface area (Å²) in [4.78, 5) is 24.9. The van der Waals surface area contributed by atoms with E-state index in [9.17, 15) is 14.7 Å². The van der Waals surface area contributed by atoms with E-state index in [1.54, 1.807) is 57.5 Å². The van der Waals surface area contributed by atoms with Gasteiger partial charge in [-0.05, 0) is 69.4 Å². The summed E-state index contributed by atoms with van der Waals surface area (Å²) in [6.07, 6.45) is 5.56. The number of hydrogen-bond acceptors (Lipinski definition) is 10. The molecule has 2 aliphatic heterocycles. The molecule has 48 heavy (non-hydrogen) atoms. The average molecular weight is 655 g/mol. The van der Waals surface area contributed by atoms with Gasteiger partial charge in [0.25, 0.3) is 0 Å². The first-order valence-corrected chi connectivity index (χ1v) is 15.6. The number of ether oxygens (including phenoxy) is 5. The fraction of sp³-hybridized carbons (Fsp3) is 0.316. The second kappa shape index (κ2) is 12.7. The zero-order valence-electron chi connectivity index (χ0n) is 28.0. The fourth-order valence-electron chi connectivity index (χ4n) is 6.08. The molecular weight excluding hydrogens is 616 g/mol. The maximum Gasteiger partial charge on any atom is 0.347 e. The van der Waals surface area contributed by atoms with E-state index in [1.807, 2.05) is 26.0 Å². The topological polar surface area (TPSA) is 127 Å². The molecule has 0 bridgehead atoms. The van der Waals surface area contributed by atoms with E-state index in [0.29, 0.717) is 86.7 Å². The fourth-order valence-corrected chi connectivity index (χ4v) is 6.08. The Morgan fingerprint density at radius 2 is 1.56 bits per heavy atom. The Morgan fingerprint density at radius 1 is 0.875 bits per heavy atom. The molecule has 1 atom stereocenters. The van der Waals surface area contributed by atoms with Crippen LogP contribution in [0.5, 0.6) is 34.5 Å². The summed E-state index contributed by atoms with van der Waals surface area (Å²) in [6.45, 7) is 8.34. The molecule has 3 aromatic carbocycles. The first-order chi connectivity index (χ1) is 22.9. The summed E-state index contributed by atoms with van der Waals surface area (Å²) in [5.41, 5.74) is 2.00. The molecule has 0 aliphatic carbocycles. The predicted octanol–water partition coefficient (Wildman–Crippen LogP) is 7.44. The molecule has 1 unspecified atom stereocenters. The highest BCUT2D eigenvalue weighted by Crippen LogP contribution is 2.47. The first-order valence-electron chi connectivity index (χ1n) is 15.6. The van der Waals surface area contributed by atoms with Gasteiger partial charge in [-0.15, -0.1) is 0 Å². The number of aryl methyl sites for hydroxylation is 1. The van der Waals surface area contributed by atoms with Gasteiger partial charge in [-0.25, -0.2) is 4.79 Å². The minimum Gasteiger partial charge on any atom is -0.507 e. The van der Waals surface area contributed by atoms with Crippen molar-refractivity contribution in [2.75, 3.05) is 27.9 Å². The van der Waals surface area contributed by atoms with Crippen molar-refractivity contribution in [3.05, 3.63) is 86.1 Å². The van der Waals surface area contributed by atoms with E-state index >= 15 is 0 Å². The van der Waals surface area contributed by atoms with Gasteiger partial charge in [0.1, 0.15) is 73.4 Å². The molecule has 10 nitrogen and oxygen atoms in total. The molecule has 0 amide bonds. The normalized spacial score (nSPS) is 16.0. The number of rotatable bonds is 4. The third kappa shape index (κ3) is 5.94. The number of phenolic OH excluding ortho intramolecular Hbond substituents is 1. The Kier molecular flexibility index (Phi) is 8.59. The van der Waals surface area contributed by atoms with Crippen molar-refractivity contribution in [3.63, 3.8) is 0 Å². The van der Waals surface area contributed by atoms with Gasteiger partial charge >= 0.3 is 5.63 Å². The molecule has 0 fully saturated rings. The Labute approximate surface area is 277 Å². The number of phenols is 1. The SMILES string of the molecule is COc1ccc(-c2c(OC)c3c(OC)c4c(cc3oc2=O)OC(C)(C)C=C4)cc1.Cc1cc(=O)c2c(O)c3c(cc2o1)OCC(C)CC3. The molecule has 0 spiro atoms. The van der Waals surface area contributed by atoms with Gasteiger partial charge in [0.2, 0.25) is 0 Å². The summed E-state index contributed by atoms with van der Waals surface area (Å²) in [5, 5.41) is 11.2. The highest BCUT2D eigenvalue weighted by atomic mass is 16.5. The van der Waals surface area contributed by atoms with Crippen LogP contribution in [-0.4, -0.2) is 38.6 Å². The molecule has 2 aliphatic rings. The Balaban J connectivity index is 0.000000182. The highest BCUT2D eigenvalue weighted by Gasteiger charge is 2.29. The van der Waals surface area contributed by atoms with Gasteiger partial charge in [0.05, 0.1) is 33.5 Å². The molecule has 0 saturated heterocycles. The minimum absolute atomic E-state index is 0.00958. The second-order valence-electron chi connectivity index (χ2n) is 12.5. The number of aromatic hydroxyl groups is 1. The van der Waals surface area contributed by atoms with E-state index in [1.165, 1.54) is 13.2 Å². The van der Waals surface area contributed by atoms with E-state index < -0.39 is 11.2 Å². The summed E-state index contributed by atoms with van der Waals surface area (Å²) < 4.78 is 39.5. The van der Waals surface area contributed by atoms with Gasteiger partial charge < -0.3 is 37.6 Å². The number of fused-ring (bicyclic) bond motifs is 4. The van der Waals surface area contributed by atoms with Gasteiger partial charge in [-0.1, -0.05) is 19.1 Å². The maximum absolute atomic E-state index is 12.9. The summed E-state index contributed by atoms with van der Waals surface area (Å²) in [5.74, 6) is 3.79. The smallest absolute Gasteiger partial charge is 0.347 e. The van der Waals surface area contributed by atoms with Crippen LogP contribution in [0.25, 0.3) is 39.1 Å². The van der Waals surface area contributed by atoms with Crippen LogP contribution in [0.3, 0.4) is 0 Å². The monoisotopic (exact) mass is 654 g/mol. The molecule has 7 rings (SSSR count). The second-order valence-corrected chi connectivity index (χ2v) is 12.5. The molecule has 0 radical (unpaired) electrons. The summed E-state index contributed by atoms with van der Waals surface area (Å²) in [6, 6.07) is 12.0. The van der Waals surface area contributed by atoms with Gasteiger partial charge in [-0.3, -0.25) is 4.79 Å². The van der Waals surface area contributed by atoms with E-state index in [-0.39, 0.29) is 16.6 Å². The molecule has 2 aromatic heterocycles. The maximum atomic E-state index is 12.9. The van der Waals surface area contributed by atoms with Gasteiger partial charge in [-0.2, -0.15) is 0 Å². The van der Waals surface area contributed by atoms with E-state index in [4.69, 9.17) is 32.5 Å². The lowest BCUT2D eigenvalue weighted by Crippen LogP contribution is -2.27. The van der Waals surface area contributed by atoms with E-state index in [0.717, 1.165) is 12.0 Å². The van der Waals surface area contributed by atoms with Crippen LogP contribution in [0.1, 0.15) is 44.1 Å². The first kappa shape index (κ1) is 32.6. The molecule has 4 heterocycles. The molecule has 0 saturated carbocycles. The van der Waals surface area contributed by atoms with Crippen molar-refractivity contribution >= 4 is 28.0 Å². The predicted molar refractivity (Wildman–Crippen MR) is 183 cm³/mol. The Bertz CT molecular complexity index is 2170.